The molecule has 0 fully saturated rings. The number of nitro benzene ring substituents is 2. The SMILES string of the molecule is C#CCOc1nc(/C=C/c2ccc(P(=O)(O)OCc3ccccc3[N+](=O)[O-])cc2)cc(/C=C/c2ccc(P(=O)(O)OCc3ccccc3[N+](=O)[O-])cc2)n1. The van der Waals surface area contributed by atoms with Crippen molar-refractivity contribution in [2.24, 2.45) is 0 Å². The van der Waals surface area contributed by atoms with Gasteiger partial charge in [0, 0.05) is 12.1 Å². The molecule has 15 nitrogen and oxygen atoms in total. The minimum atomic E-state index is -4.31. The van der Waals surface area contributed by atoms with E-state index in [1.165, 1.54) is 60.7 Å². The molecule has 0 aliphatic rings. The summed E-state index contributed by atoms with van der Waals surface area (Å²) in [5.41, 5.74) is 2.05. The summed E-state index contributed by atoms with van der Waals surface area (Å²) in [5.74, 6) is 2.35. The number of terminal acetylenes is 1. The number of nitro groups is 2. The number of hydrogen-bond acceptors (Lipinski definition) is 11. The van der Waals surface area contributed by atoms with Crippen molar-refractivity contribution in [3.63, 3.8) is 0 Å². The van der Waals surface area contributed by atoms with Crippen LogP contribution < -0.4 is 15.3 Å². The van der Waals surface area contributed by atoms with Crippen LogP contribution in [0.4, 0.5) is 11.4 Å². The van der Waals surface area contributed by atoms with E-state index in [1.807, 2.05) is 0 Å². The zero-order chi connectivity index (χ0) is 38.7. The van der Waals surface area contributed by atoms with Crippen LogP contribution in [0.25, 0.3) is 24.3 Å². The van der Waals surface area contributed by atoms with Crippen molar-refractivity contribution in [3.05, 3.63) is 157 Å². The van der Waals surface area contributed by atoms with Crippen molar-refractivity contribution in [3.8, 4) is 18.4 Å². The summed E-state index contributed by atoms with van der Waals surface area (Å²) in [6, 6.07) is 25.3. The number of rotatable bonds is 16. The van der Waals surface area contributed by atoms with Gasteiger partial charge in [-0.2, -0.15) is 9.97 Å². The van der Waals surface area contributed by atoms with Crippen molar-refractivity contribution >= 4 is 61.5 Å². The Kier molecular flexibility index (Phi) is 12.8. The predicted octanol–water partition coefficient (Wildman–Crippen LogP) is 6.70. The maximum Gasteiger partial charge on any atom is 0.359 e. The predicted molar refractivity (Wildman–Crippen MR) is 202 cm³/mol. The third-order valence-corrected chi connectivity index (χ3v) is 10.4. The van der Waals surface area contributed by atoms with Gasteiger partial charge in [0.25, 0.3) is 11.4 Å². The maximum atomic E-state index is 12.9. The van der Waals surface area contributed by atoms with E-state index in [0.29, 0.717) is 22.5 Å². The minimum absolute atomic E-state index is 0.00139. The lowest BCUT2D eigenvalue weighted by Crippen LogP contribution is -2.07. The Bertz CT molecular complexity index is 2210. The minimum Gasteiger partial charge on any atom is -0.450 e. The fraction of sp³-hybridized carbons (Fsp3) is 0.0811. The molecule has 2 unspecified atom stereocenters. The van der Waals surface area contributed by atoms with E-state index in [4.69, 9.17) is 20.2 Å². The largest absolute Gasteiger partial charge is 0.450 e. The van der Waals surface area contributed by atoms with Crippen molar-refractivity contribution < 1.29 is 42.5 Å². The monoisotopic (exact) mass is 768 g/mol. The quantitative estimate of drug-likeness (QED) is 0.0463. The number of hydrogen-bond donors (Lipinski definition) is 2. The van der Waals surface area contributed by atoms with Crippen LogP contribution in [0.15, 0.2) is 103 Å². The summed E-state index contributed by atoms with van der Waals surface area (Å²) in [6.07, 6.45) is 12.1. The molecule has 0 bridgehead atoms. The third kappa shape index (κ3) is 10.5. The molecule has 0 amide bonds. The first-order chi connectivity index (χ1) is 25.8. The van der Waals surface area contributed by atoms with Crippen LogP contribution in [-0.4, -0.2) is 36.2 Å². The number of aromatic nitrogens is 2. The molecule has 5 aromatic rings. The van der Waals surface area contributed by atoms with Gasteiger partial charge in [-0.3, -0.25) is 29.4 Å². The fourth-order valence-corrected chi connectivity index (χ4v) is 6.78. The summed E-state index contributed by atoms with van der Waals surface area (Å²) in [7, 11) is -8.61. The Balaban J connectivity index is 1.26. The average molecular weight is 769 g/mol. The van der Waals surface area contributed by atoms with Crippen LogP contribution in [0.1, 0.15) is 33.6 Å². The summed E-state index contributed by atoms with van der Waals surface area (Å²) in [5, 5.41) is 22.5. The second kappa shape index (κ2) is 17.6. The van der Waals surface area contributed by atoms with E-state index in [-0.39, 0.29) is 45.7 Å². The normalized spacial score (nSPS) is 13.6. The van der Waals surface area contributed by atoms with Gasteiger partial charge in [0.15, 0.2) is 6.61 Å². The summed E-state index contributed by atoms with van der Waals surface area (Å²) < 4.78 is 41.7. The Morgan fingerprint density at radius 1 is 0.667 bits per heavy atom. The molecule has 4 aromatic carbocycles. The van der Waals surface area contributed by atoms with E-state index >= 15 is 0 Å². The topological polar surface area (TPSA) is 214 Å². The van der Waals surface area contributed by atoms with Gasteiger partial charge in [0.05, 0.1) is 56.2 Å². The Morgan fingerprint density at radius 2 is 1.07 bits per heavy atom. The van der Waals surface area contributed by atoms with Crippen LogP contribution in [0.2, 0.25) is 0 Å². The van der Waals surface area contributed by atoms with Crippen LogP contribution in [0.5, 0.6) is 6.01 Å². The van der Waals surface area contributed by atoms with Crippen LogP contribution in [-0.2, 0) is 31.4 Å². The van der Waals surface area contributed by atoms with E-state index < -0.39 is 38.3 Å². The van der Waals surface area contributed by atoms with Gasteiger partial charge in [-0.1, -0.05) is 66.6 Å². The molecular formula is C37H30N4O11P2. The first kappa shape index (κ1) is 39.1. The standard InChI is InChI=1S/C37H30N4O11P2/c1-2-23-50-37-38-31(17-11-27-13-19-33(20-14-27)53(46,47)51-25-29-7-3-5-9-35(29)40(42)43)24-32(39-37)18-12-28-15-21-34(22-16-28)54(48,49)52-26-30-8-4-6-10-36(30)41(44)45/h1,3-22,24H,23,25-26H2,(H,46,47)(H,48,49)/b17-11+,18-12+. The van der Waals surface area contributed by atoms with Gasteiger partial charge in [0.1, 0.15) is 0 Å². The second-order valence-corrected chi connectivity index (χ2v) is 14.8. The lowest BCUT2D eigenvalue weighted by molar-refractivity contribution is -0.386. The van der Waals surface area contributed by atoms with Crippen molar-refractivity contribution in [1.82, 2.24) is 9.97 Å². The zero-order valence-electron chi connectivity index (χ0n) is 28.1. The van der Waals surface area contributed by atoms with E-state index in [9.17, 15) is 39.1 Å². The molecule has 1 heterocycles. The van der Waals surface area contributed by atoms with Gasteiger partial charge < -0.3 is 23.6 Å². The van der Waals surface area contributed by atoms with Gasteiger partial charge in [-0.25, -0.2) is 0 Å². The Hall–Kier alpha value is -6.10. The van der Waals surface area contributed by atoms with Gasteiger partial charge >= 0.3 is 21.2 Å². The Morgan fingerprint density at radius 3 is 1.46 bits per heavy atom. The molecule has 0 saturated carbocycles. The lowest BCUT2D eigenvalue weighted by Gasteiger charge is -2.13. The van der Waals surface area contributed by atoms with Gasteiger partial charge in [-0.05, 0) is 65.7 Å². The highest BCUT2D eigenvalue weighted by molar-refractivity contribution is 7.61. The number of ether oxygens (including phenoxy) is 1. The first-order valence-electron chi connectivity index (χ1n) is 15.8. The molecule has 0 aliphatic heterocycles. The highest BCUT2D eigenvalue weighted by Gasteiger charge is 2.26. The molecule has 5 rings (SSSR count). The van der Waals surface area contributed by atoms with Crippen molar-refractivity contribution in [2.45, 2.75) is 13.2 Å². The van der Waals surface area contributed by atoms with Crippen LogP contribution in [0.3, 0.4) is 0 Å². The smallest absolute Gasteiger partial charge is 0.359 e. The second-order valence-electron chi connectivity index (χ2n) is 11.2. The molecule has 0 spiro atoms. The molecule has 0 radical (unpaired) electrons. The number of benzene rings is 4. The van der Waals surface area contributed by atoms with Gasteiger partial charge in [0.2, 0.25) is 0 Å². The first-order valence-corrected chi connectivity index (χ1v) is 18.9. The van der Waals surface area contributed by atoms with Crippen molar-refractivity contribution in [1.29, 1.82) is 0 Å². The molecule has 2 N–H and O–H groups in total. The molecule has 2 atom stereocenters. The zero-order valence-corrected chi connectivity index (χ0v) is 29.9. The lowest BCUT2D eigenvalue weighted by atomic mass is 10.1. The van der Waals surface area contributed by atoms with Gasteiger partial charge in [-0.15, -0.1) is 6.42 Å². The summed E-state index contributed by atoms with van der Waals surface area (Å²) >= 11 is 0. The maximum absolute atomic E-state index is 12.9. The van der Waals surface area contributed by atoms with Crippen LogP contribution in [0, 0.1) is 32.6 Å². The average Bonchev–Trinajstić information content (AvgIpc) is 3.17. The molecule has 0 aliphatic carbocycles. The van der Waals surface area contributed by atoms with Crippen molar-refractivity contribution in [2.75, 3.05) is 6.61 Å². The molecule has 274 valence electrons. The molecule has 54 heavy (non-hydrogen) atoms. The van der Waals surface area contributed by atoms with Crippen LogP contribution >= 0.6 is 15.2 Å². The van der Waals surface area contributed by atoms with E-state index in [1.54, 1.807) is 66.8 Å². The van der Waals surface area contributed by atoms with E-state index in [0.717, 1.165) is 0 Å². The number of nitrogens with zero attached hydrogens (tertiary/aromatic N) is 4. The molecule has 0 saturated heterocycles. The fourth-order valence-electron chi connectivity index (χ4n) is 4.80. The van der Waals surface area contributed by atoms with E-state index in [2.05, 4.69) is 15.9 Å². The summed E-state index contributed by atoms with van der Waals surface area (Å²) in [6.45, 7) is -0.949. The molecular weight excluding hydrogens is 738 g/mol. The summed E-state index contributed by atoms with van der Waals surface area (Å²) in [4.78, 5) is 51.1. The third-order valence-electron chi connectivity index (χ3n) is 7.53. The highest BCUT2D eigenvalue weighted by Crippen LogP contribution is 2.43. The highest BCUT2D eigenvalue weighted by atomic mass is 31.2. The number of para-hydroxylation sites is 2. The molecule has 17 heteroatoms. The Labute approximate surface area is 308 Å². The molecule has 1 aromatic heterocycles.